The summed E-state index contributed by atoms with van der Waals surface area (Å²) in [6.45, 7) is 6.42. The van der Waals surface area contributed by atoms with E-state index >= 15 is 0 Å². The van der Waals surface area contributed by atoms with E-state index in [-0.39, 0.29) is 6.04 Å². The minimum Gasteiger partial charge on any atom is -0.291 e. The van der Waals surface area contributed by atoms with Gasteiger partial charge in [-0.1, -0.05) is 6.08 Å². The topological polar surface area (TPSA) is 27.0 Å². The third-order valence-electron chi connectivity index (χ3n) is 1.53. The van der Waals surface area contributed by atoms with Crippen molar-refractivity contribution in [2.75, 3.05) is 13.6 Å². The summed E-state index contributed by atoms with van der Waals surface area (Å²) in [6, 6.07) is 2.18. The van der Waals surface area contributed by atoms with E-state index < -0.39 is 0 Å². The van der Waals surface area contributed by atoms with E-state index in [4.69, 9.17) is 5.26 Å². The Hall–Kier alpha value is -0.810. The number of nitrogens with zero attached hydrogens (tertiary/aromatic N) is 2. The van der Waals surface area contributed by atoms with E-state index in [1.165, 1.54) is 0 Å². The molecule has 1 unspecified atom stereocenters. The Morgan fingerprint density at radius 3 is 2.80 bits per heavy atom. The average molecular weight is 138 g/mol. The van der Waals surface area contributed by atoms with Crippen LogP contribution in [0.1, 0.15) is 13.3 Å². The predicted molar refractivity (Wildman–Crippen MR) is 42.5 cm³/mol. The molecule has 1 atom stereocenters. The molecule has 0 aliphatic heterocycles. The standard InChI is InChI=1S/C8H14N2/c1-4-5-6-10(3)8(2)7-9/h4,8H,1,5-6H2,2-3H3. The SMILES string of the molecule is C=CCCN(C)C(C)C#N. The number of hydrogen-bond acceptors (Lipinski definition) is 2. The molecule has 0 fully saturated rings. The fourth-order valence-electron chi connectivity index (χ4n) is 0.587. The van der Waals surface area contributed by atoms with Gasteiger partial charge in [0, 0.05) is 6.54 Å². The number of hydrogen-bond donors (Lipinski definition) is 0. The summed E-state index contributed by atoms with van der Waals surface area (Å²) >= 11 is 0. The Morgan fingerprint density at radius 2 is 2.40 bits per heavy atom. The van der Waals surface area contributed by atoms with Gasteiger partial charge in [-0.15, -0.1) is 6.58 Å². The van der Waals surface area contributed by atoms with Crippen molar-refractivity contribution in [3.05, 3.63) is 12.7 Å². The Kier molecular flexibility index (Phi) is 4.61. The third kappa shape index (κ3) is 3.26. The van der Waals surface area contributed by atoms with Gasteiger partial charge in [0.25, 0.3) is 0 Å². The molecule has 0 aliphatic rings. The van der Waals surface area contributed by atoms with Crippen LogP contribution in [0.15, 0.2) is 12.7 Å². The van der Waals surface area contributed by atoms with Crippen LogP contribution in [0, 0.1) is 11.3 Å². The molecule has 0 amide bonds. The molecule has 0 spiro atoms. The summed E-state index contributed by atoms with van der Waals surface area (Å²) in [5.74, 6) is 0. The molecule has 0 aromatic rings. The zero-order chi connectivity index (χ0) is 7.98. The van der Waals surface area contributed by atoms with Crippen molar-refractivity contribution in [3.63, 3.8) is 0 Å². The first-order chi connectivity index (χ1) is 4.72. The quantitative estimate of drug-likeness (QED) is 0.549. The van der Waals surface area contributed by atoms with E-state index in [1.54, 1.807) is 0 Å². The van der Waals surface area contributed by atoms with Crippen LogP contribution >= 0.6 is 0 Å². The lowest BCUT2D eigenvalue weighted by atomic mass is 10.3. The molecule has 0 N–H and O–H groups in total. The van der Waals surface area contributed by atoms with E-state index in [9.17, 15) is 0 Å². The van der Waals surface area contributed by atoms with Gasteiger partial charge in [-0.2, -0.15) is 5.26 Å². The van der Waals surface area contributed by atoms with Gasteiger partial charge >= 0.3 is 0 Å². The van der Waals surface area contributed by atoms with Gasteiger partial charge in [0.1, 0.15) is 0 Å². The first-order valence-corrected chi connectivity index (χ1v) is 3.43. The zero-order valence-corrected chi connectivity index (χ0v) is 6.67. The second-order valence-electron chi connectivity index (χ2n) is 2.36. The summed E-state index contributed by atoms with van der Waals surface area (Å²) in [4.78, 5) is 2.00. The molecule has 0 aromatic carbocycles. The highest BCUT2D eigenvalue weighted by atomic mass is 15.1. The highest BCUT2D eigenvalue weighted by molar-refractivity contribution is 4.87. The molecule has 0 saturated heterocycles. The first kappa shape index (κ1) is 9.19. The highest BCUT2D eigenvalue weighted by Crippen LogP contribution is 1.94. The van der Waals surface area contributed by atoms with E-state index in [0.29, 0.717) is 0 Å². The fraction of sp³-hybridized carbons (Fsp3) is 0.625. The van der Waals surface area contributed by atoms with Crippen LogP contribution in [0.5, 0.6) is 0 Å². The fourth-order valence-corrected chi connectivity index (χ4v) is 0.587. The summed E-state index contributed by atoms with van der Waals surface area (Å²) < 4.78 is 0. The van der Waals surface area contributed by atoms with E-state index in [1.807, 2.05) is 24.9 Å². The van der Waals surface area contributed by atoms with Gasteiger partial charge in [0.15, 0.2) is 0 Å². The van der Waals surface area contributed by atoms with Gasteiger partial charge in [-0.25, -0.2) is 0 Å². The van der Waals surface area contributed by atoms with Crippen LogP contribution in [0.3, 0.4) is 0 Å². The van der Waals surface area contributed by atoms with E-state index in [0.717, 1.165) is 13.0 Å². The van der Waals surface area contributed by atoms with Gasteiger partial charge in [0.05, 0.1) is 12.1 Å². The maximum absolute atomic E-state index is 8.49. The molecule has 2 heteroatoms. The normalized spacial score (nSPS) is 12.6. The summed E-state index contributed by atoms with van der Waals surface area (Å²) in [6.07, 6.45) is 2.81. The minimum atomic E-state index is 0.0138. The first-order valence-electron chi connectivity index (χ1n) is 3.43. The lowest BCUT2D eigenvalue weighted by molar-refractivity contribution is 0.308. The lowest BCUT2D eigenvalue weighted by Crippen LogP contribution is -2.28. The van der Waals surface area contributed by atoms with Crippen molar-refractivity contribution in [2.24, 2.45) is 0 Å². The van der Waals surface area contributed by atoms with Crippen molar-refractivity contribution < 1.29 is 0 Å². The van der Waals surface area contributed by atoms with Crippen LogP contribution in [0.25, 0.3) is 0 Å². The number of rotatable bonds is 4. The maximum atomic E-state index is 8.49. The molecule has 0 bridgehead atoms. The second-order valence-corrected chi connectivity index (χ2v) is 2.36. The van der Waals surface area contributed by atoms with Crippen LogP contribution in [-0.4, -0.2) is 24.5 Å². The predicted octanol–water partition coefficient (Wildman–Crippen LogP) is 1.41. The Labute approximate surface area is 62.8 Å². The van der Waals surface area contributed by atoms with Crippen molar-refractivity contribution in [2.45, 2.75) is 19.4 Å². The summed E-state index contributed by atoms with van der Waals surface area (Å²) in [5, 5.41) is 8.49. The van der Waals surface area contributed by atoms with E-state index in [2.05, 4.69) is 12.6 Å². The average Bonchev–Trinajstić information content (AvgIpc) is 1.98. The smallest absolute Gasteiger partial charge is 0.0946 e. The largest absolute Gasteiger partial charge is 0.291 e. The Balaban J connectivity index is 3.52. The summed E-state index contributed by atoms with van der Waals surface area (Å²) in [5.41, 5.74) is 0. The van der Waals surface area contributed by atoms with Crippen molar-refractivity contribution >= 4 is 0 Å². The second kappa shape index (κ2) is 5.01. The Bertz CT molecular complexity index is 135. The van der Waals surface area contributed by atoms with Crippen molar-refractivity contribution in [1.29, 1.82) is 5.26 Å². The molecule has 0 aromatic heterocycles. The molecule has 56 valence electrons. The minimum absolute atomic E-state index is 0.0138. The van der Waals surface area contributed by atoms with Gasteiger partial charge in [-0.3, -0.25) is 4.90 Å². The highest BCUT2D eigenvalue weighted by Gasteiger charge is 2.04. The Morgan fingerprint density at radius 1 is 1.80 bits per heavy atom. The molecule has 2 nitrogen and oxygen atoms in total. The molecule has 0 rings (SSSR count). The van der Waals surface area contributed by atoms with Gasteiger partial charge in [0.2, 0.25) is 0 Å². The van der Waals surface area contributed by atoms with Crippen molar-refractivity contribution in [3.8, 4) is 6.07 Å². The molecular weight excluding hydrogens is 124 g/mol. The zero-order valence-electron chi connectivity index (χ0n) is 6.67. The molecule has 0 aliphatic carbocycles. The van der Waals surface area contributed by atoms with Crippen LogP contribution in [0.4, 0.5) is 0 Å². The molecule has 0 saturated carbocycles. The molecule has 10 heavy (non-hydrogen) atoms. The van der Waals surface area contributed by atoms with Gasteiger partial charge < -0.3 is 0 Å². The third-order valence-corrected chi connectivity index (χ3v) is 1.53. The monoisotopic (exact) mass is 138 g/mol. The van der Waals surface area contributed by atoms with Gasteiger partial charge in [-0.05, 0) is 20.4 Å². The van der Waals surface area contributed by atoms with Crippen LogP contribution < -0.4 is 0 Å². The number of nitriles is 1. The molecular formula is C8H14N2. The molecule has 0 heterocycles. The van der Waals surface area contributed by atoms with Crippen LogP contribution in [-0.2, 0) is 0 Å². The lowest BCUT2D eigenvalue weighted by Gasteiger charge is -2.17. The maximum Gasteiger partial charge on any atom is 0.0946 e. The molecule has 0 radical (unpaired) electrons. The van der Waals surface area contributed by atoms with Crippen LogP contribution in [0.2, 0.25) is 0 Å². The summed E-state index contributed by atoms with van der Waals surface area (Å²) in [7, 11) is 1.94. The van der Waals surface area contributed by atoms with Crippen molar-refractivity contribution in [1.82, 2.24) is 4.90 Å².